The number of carbonyl (C=O) groups excluding carboxylic acids is 4. The van der Waals surface area contributed by atoms with E-state index < -0.39 is 104 Å². The quantitative estimate of drug-likeness (QED) is 0.0385. The van der Waals surface area contributed by atoms with Crippen molar-refractivity contribution in [1.29, 1.82) is 0 Å². The number of ether oxygens (including phenoxy) is 3. The Morgan fingerprint density at radius 2 is 1.65 bits per heavy atom. The van der Waals surface area contributed by atoms with Gasteiger partial charge in [-0.2, -0.15) is 0 Å². The van der Waals surface area contributed by atoms with E-state index in [9.17, 15) is 48.6 Å². The van der Waals surface area contributed by atoms with Crippen molar-refractivity contribution in [3.63, 3.8) is 0 Å². The summed E-state index contributed by atoms with van der Waals surface area (Å²) in [6.45, 7) is 0.521. The smallest absolute Gasteiger partial charge is 0.431 e. The molecule has 0 radical (unpaired) electrons. The summed E-state index contributed by atoms with van der Waals surface area (Å²) < 4.78 is 15.0. The van der Waals surface area contributed by atoms with E-state index in [0.717, 1.165) is 0 Å². The van der Waals surface area contributed by atoms with Gasteiger partial charge < -0.3 is 50.4 Å². The maximum Gasteiger partial charge on any atom is 0.431 e. The minimum absolute atomic E-state index is 0. The normalized spacial score (nSPS) is 19.7. The zero-order valence-electron chi connectivity index (χ0n) is 24.7. The molecule has 0 aromatic heterocycles. The number of aryl methyl sites for hydroxylation is 1. The van der Waals surface area contributed by atoms with E-state index in [4.69, 9.17) is 29.5 Å². The van der Waals surface area contributed by atoms with Gasteiger partial charge in [0.15, 0.2) is 6.29 Å². The molecule has 0 aliphatic heterocycles. The molecule has 0 spiro atoms. The summed E-state index contributed by atoms with van der Waals surface area (Å²) in [4.78, 5) is 95.1. The standard InChI is InChI=1S/C27H34N2O16Si.6H2/c1-13-6-14(24(36)44-11-20(33)43-4-3-5-46(25(37)38,26(39)40)27(41)42)8-15(7-13)29-23(35)21-16(10-19(31)32)17(22(34)28-2)9-18(21)45-12-30;;;;;;/h6-8,12,16-18,20-21,33H,3-5,9-11H2,1-2H3,(H,28,34)(H,29,35)(H,31,32)(H,37,38)(H,39,40)(H,41,42);6*1H. The van der Waals surface area contributed by atoms with E-state index in [2.05, 4.69) is 10.6 Å². The van der Waals surface area contributed by atoms with Gasteiger partial charge in [-0.25, -0.2) is 4.79 Å². The molecule has 5 unspecified atom stereocenters. The van der Waals surface area contributed by atoms with Crippen LogP contribution in [-0.2, 0) is 33.4 Å². The molecule has 0 bridgehead atoms. The van der Waals surface area contributed by atoms with Crippen LogP contribution in [0.4, 0.5) is 20.1 Å². The van der Waals surface area contributed by atoms with E-state index in [1.54, 1.807) is 6.92 Å². The average molecular weight is 683 g/mol. The van der Waals surface area contributed by atoms with Gasteiger partial charge in [-0.3, -0.25) is 33.6 Å². The number of hydrogen-bond acceptors (Lipinski definition) is 12. The molecule has 1 fully saturated rings. The monoisotopic (exact) mass is 682 g/mol. The number of nitrogens with one attached hydrogen (secondary N) is 2. The van der Waals surface area contributed by atoms with Crippen LogP contribution in [0.25, 0.3) is 0 Å². The third kappa shape index (κ3) is 9.08. The Hall–Kier alpha value is -4.88. The van der Waals surface area contributed by atoms with Crippen LogP contribution in [0, 0.1) is 24.7 Å². The summed E-state index contributed by atoms with van der Waals surface area (Å²) in [5, 5.41) is 51.9. The number of hydrogen-bond donors (Lipinski definition) is 7. The Labute approximate surface area is 270 Å². The van der Waals surface area contributed by atoms with Crippen molar-refractivity contribution < 1.29 is 86.7 Å². The maximum atomic E-state index is 13.4. The van der Waals surface area contributed by atoms with Crippen LogP contribution in [0.5, 0.6) is 0 Å². The fourth-order valence-electron chi connectivity index (χ4n) is 5.26. The first-order chi connectivity index (χ1) is 21.6. The highest BCUT2D eigenvalue weighted by Crippen LogP contribution is 2.42. The first-order valence-corrected chi connectivity index (χ1v) is 15.9. The lowest BCUT2D eigenvalue weighted by Crippen LogP contribution is -2.58. The summed E-state index contributed by atoms with van der Waals surface area (Å²) in [6, 6.07) is 3.38. The molecule has 0 heterocycles. The number of aliphatic hydroxyl groups excluding tert-OH is 1. The molecule has 1 aliphatic carbocycles. The molecule has 7 N–H and O–H groups in total. The molecule has 264 valence electrons. The summed E-state index contributed by atoms with van der Waals surface area (Å²) in [5.41, 5.74) is -5.36. The number of carboxylic acids is 1. The minimum Gasteiger partial charge on any atom is -0.485 e. The van der Waals surface area contributed by atoms with Crippen LogP contribution >= 0.6 is 0 Å². The van der Waals surface area contributed by atoms with Gasteiger partial charge in [0.25, 0.3) is 23.2 Å². The van der Waals surface area contributed by atoms with Crippen LogP contribution in [0.15, 0.2) is 18.2 Å². The number of esters is 1. The fourth-order valence-corrected chi connectivity index (χ4v) is 7.12. The minimum atomic E-state index is -4.83. The van der Waals surface area contributed by atoms with Gasteiger partial charge in [-0.1, -0.05) is 0 Å². The maximum absolute atomic E-state index is 13.4. The number of carbonyl (C=O) groups is 8. The SMILES string of the molecule is CNC(=O)C1CC(OC=O)C(C(=O)Nc2cc(C)cc(C(=O)OCC(O)OCCC[Si](C(=O)O)(C(=O)O)C(=O)O)c2)C1CC(=O)O.[HH].[HH].[HH].[HH].[HH].[HH]. The lowest BCUT2D eigenvalue weighted by molar-refractivity contribution is -0.141. The molecule has 46 heavy (non-hydrogen) atoms. The molecule has 2 amide bonds. The number of rotatable bonds is 18. The van der Waals surface area contributed by atoms with Gasteiger partial charge in [-0.05, 0) is 55.5 Å². The molecular weight excluding hydrogens is 636 g/mol. The predicted molar refractivity (Wildman–Crippen MR) is 166 cm³/mol. The van der Waals surface area contributed by atoms with Gasteiger partial charge >= 0.3 is 20.0 Å². The topological polar surface area (TPSA) is 289 Å². The first-order valence-electron chi connectivity index (χ1n) is 13.7. The van der Waals surface area contributed by atoms with Crippen molar-refractivity contribution in [2.24, 2.45) is 17.8 Å². The number of aliphatic carboxylic acids is 1. The van der Waals surface area contributed by atoms with E-state index in [0.29, 0.717) is 5.56 Å². The van der Waals surface area contributed by atoms with Crippen molar-refractivity contribution in [3.05, 3.63) is 29.3 Å². The average Bonchev–Trinajstić information content (AvgIpc) is 3.31. The number of aliphatic hydroxyl groups is 1. The van der Waals surface area contributed by atoms with Gasteiger partial charge in [0.1, 0.15) is 12.7 Å². The zero-order chi connectivity index (χ0) is 34.8. The lowest BCUT2D eigenvalue weighted by Gasteiger charge is -2.24. The molecule has 1 aliphatic rings. The molecule has 1 aromatic carbocycles. The highest BCUT2D eigenvalue weighted by atomic mass is 28.3. The summed E-state index contributed by atoms with van der Waals surface area (Å²) >= 11 is 0. The predicted octanol–water partition coefficient (Wildman–Crippen LogP) is 2.53. The Morgan fingerprint density at radius 1 is 1.02 bits per heavy atom. The third-order valence-electron chi connectivity index (χ3n) is 7.43. The van der Waals surface area contributed by atoms with Crippen LogP contribution in [0.3, 0.4) is 0 Å². The van der Waals surface area contributed by atoms with Crippen molar-refractivity contribution in [1.82, 2.24) is 5.32 Å². The van der Waals surface area contributed by atoms with Crippen LogP contribution in [-0.4, -0.2) is 113 Å². The molecule has 1 aromatic rings. The molecular formula is C27H46N2O16Si. The molecule has 18 nitrogen and oxygen atoms in total. The number of benzene rings is 1. The van der Waals surface area contributed by atoms with Crippen molar-refractivity contribution >= 4 is 60.8 Å². The van der Waals surface area contributed by atoms with E-state index >= 15 is 0 Å². The summed E-state index contributed by atoms with van der Waals surface area (Å²) in [5.74, 6) is -6.71. The van der Waals surface area contributed by atoms with Crippen molar-refractivity contribution in [2.45, 2.75) is 44.6 Å². The fraction of sp³-hybridized carbons (Fsp3) is 0.481. The Kier molecular flexibility index (Phi) is 13.3. The largest absolute Gasteiger partial charge is 0.485 e. The second-order valence-electron chi connectivity index (χ2n) is 10.4. The lowest BCUT2D eigenvalue weighted by atomic mass is 9.85. The van der Waals surface area contributed by atoms with Crippen LogP contribution in [0.2, 0.25) is 6.04 Å². The zero-order valence-corrected chi connectivity index (χ0v) is 25.7. The van der Waals surface area contributed by atoms with Crippen LogP contribution in [0.1, 0.15) is 43.7 Å². The second-order valence-corrected chi connectivity index (χ2v) is 14.0. The highest BCUT2D eigenvalue weighted by molar-refractivity contribution is 7.38. The molecule has 1 saturated carbocycles. The van der Waals surface area contributed by atoms with E-state index in [1.807, 2.05) is 0 Å². The van der Waals surface area contributed by atoms with Crippen LogP contribution < -0.4 is 10.6 Å². The third-order valence-corrected chi connectivity index (χ3v) is 10.7. The number of amides is 2. The number of carboxylic acid groups (broad SMARTS) is 4. The molecule has 19 heteroatoms. The van der Waals surface area contributed by atoms with Gasteiger partial charge in [-0.15, -0.1) is 0 Å². The Morgan fingerprint density at radius 3 is 2.20 bits per heavy atom. The number of anilines is 1. The molecule has 0 saturated heterocycles. The highest BCUT2D eigenvalue weighted by Gasteiger charge is 2.59. The summed E-state index contributed by atoms with van der Waals surface area (Å²) in [7, 11) is -3.49. The van der Waals surface area contributed by atoms with Gasteiger partial charge in [0.05, 0.1) is 11.5 Å². The van der Waals surface area contributed by atoms with Gasteiger partial charge in [0.2, 0.25) is 11.8 Å². The van der Waals surface area contributed by atoms with E-state index in [1.165, 1.54) is 25.2 Å². The van der Waals surface area contributed by atoms with Gasteiger partial charge in [0, 0.05) is 40.2 Å². The van der Waals surface area contributed by atoms with E-state index in [-0.39, 0.29) is 39.1 Å². The Balaban J connectivity index is -0.00000123. The molecule has 5 atom stereocenters. The second kappa shape index (κ2) is 16.4. The van der Waals surface area contributed by atoms with Crippen molar-refractivity contribution in [3.8, 4) is 0 Å². The molecule has 2 rings (SSSR count). The summed E-state index contributed by atoms with van der Waals surface area (Å²) in [6.07, 6.45) is -3.83. The Bertz CT molecular complexity index is 1360. The van der Waals surface area contributed by atoms with Crippen molar-refractivity contribution in [2.75, 3.05) is 25.6 Å². The first kappa shape index (κ1) is 37.3.